The Hall–Kier alpha value is -1.79. The van der Waals surface area contributed by atoms with Crippen molar-refractivity contribution in [1.29, 1.82) is 0 Å². The van der Waals surface area contributed by atoms with E-state index in [-0.39, 0.29) is 24.9 Å². The van der Waals surface area contributed by atoms with Gasteiger partial charge in [0.2, 0.25) is 0 Å². The topological polar surface area (TPSA) is 104 Å². The van der Waals surface area contributed by atoms with Gasteiger partial charge in [-0.3, -0.25) is 9.59 Å². The Labute approximate surface area is 116 Å². The molecule has 0 aromatic rings. The van der Waals surface area contributed by atoms with Crippen LogP contribution in [-0.4, -0.2) is 50.8 Å². The molecular formula is C13H19NO6. The average molecular weight is 285 g/mol. The zero-order valence-electron chi connectivity index (χ0n) is 11.8. The average Bonchev–Trinajstić information content (AvgIpc) is 2.25. The maximum absolute atomic E-state index is 12.0. The van der Waals surface area contributed by atoms with Crippen LogP contribution < -0.4 is 0 Å². The van der Waals surface area contributed by atoms with Crippen LogP contribution in [0.2, 0.25) is 0 Å². The summed E-state index contributed by atoms with van der Waals surface area (Å²) in [5.41, 5.74) is -2.40. The van der Waals surface area contributed by atoms with E-state index >= 15 is 0 Å². The maximum atomic E-state index is 12.0. The second-order valence-electron chi connectivity index (χ2n) is 6.53. The predicted molar refractivity (Wildman–Crippen MR) is 67.2 cm³/mol. The van der Waals surface area contributed by atoms with Gasteiger partial charge in [-0.2, -0.15) is 0 Å². The minimum atomic E-state index is -1.77. The summed E-state index contributed by atoms with van der Waals surface area (Å²) in [6.45, 7) is 5.25. The second kappa shape index (κ2) is 4.36. The van der Waals surface area contributed by atoms with Crippen molar-refractivity contribution in [1.82, 2.24) is 4.90 Å². The van der Waals surface area contributed by atoms with E-state index in [9.17, 15) is 24.6 Å². The van der Waals surface area contributed by atoms with E-state index in [0.717, 1.165) is 0 Å². The van der Waals surface area contributed by atoms with Crippen molar-refractivity contribution in [2.45, 2.75) is 57.7 Å². The van der Waals surface area contributed by atoms with E-state index in [1.807, 2.05) is 0 Å². The molecule has 112 valence electrons. The molecule has 0 spiro atoms. The molecule has 7 nitrogen and oxygen atoms in total. The van der Waals surface area contributed by atoms with Gasteiger partial charge in [0.15, 0.2) is 5.41 Å². The van der Waals surface area contributed by atoms with Gasteiger partial charge in [0.05, 0.1) is 0 Å². The van der Waals surface area contributed by atoms with Crippen molar-refractivity contribution in [3.63, 3.8) is 0 Å². The highest BCUT2D eigenvalue weighted by atomic mass is 16.6. The molecule has 3 aliphatic rings. The molecule has 2 unspecified atom stereocenters. The van der Waals surface area contributed by atoms with Gasteiger partial charge >= 0.3 is 18.0 Å². The number of amides is 1. The van der Waals surface area contributed by atoms with E-state index in [2.05, 4.69) is 0 Å². The minimum Gasteiger partial charge on any atom is -0.480 e. The smallest absolute Gasteiger partial charge is 0.410 e. The van der Waals surface area contributed by atoms with E-state index in [0.29, 0.717) is 6.42 Å². The van der Waals surface area contributed by atoms with Crippen LogP contribution in [0, 0.1) is 5.41 Å². The summed E-state index contributed by atoms with van der Waals surface area (Å²) in [5.74, 6) is -2.66. The van der Waals surface area contributed by atoms with Crippen LogP contribution in [-0.2, 0) is 14.3 Å². The molecule has 1 amide bonds. The highest BCUT2D eigenvalue weighted by molar-refractivity contribution is 5.99. The van der Waals surface area contributed by atoms with Gasteiger partial charge in [0.1, 0.15) is 5.60 Å². The molecule has 3 rings (SSSR count). The fourth-order valence-corrected chi connectivity index (χ4v) is 3.01. The maximum Gasteiger partial charge on any atom is 0.410 e. The number of carboxylic acids is 2. The Balaban J connectivity index is 2.11. The molecule has 20 heavy (non-hydrogen) atoms. The first-order valence-corrected chi connectivity index (χ1v) is 6.55. The highest BCUT2D eigenvalue weighted by Crippen LogP contribution is 2.48. The predicted octanol–water partition coefficient (Wildman–Crippen LogP) is 1.31. The van der Waals surface area contributed by atoms with Gasteiger partial charge in [-0.25, -0.2) is 4.79 Å². The zero-order valence-corrected chi connectivity index (χ0v) is 11.8. The summed E-state index contributed by atoms with van der Waals surface area (Å²) in [4.78, 5) is 36.0. The van der Waals surface area contributed by atoms with Gasteiger partial charge in [0, 0.05) is 12.1 Å². The molecule has 0 aromatic carbocycles. The quantitative estimate of drug-likeness (QED) is 0.741. The van der Waals surface area contributed by atoms with Crippen LogP contribution in [0.5, 0.6) is 0 Å². The Kier molecular flexibility index (Phi) is 3.19. The number of nitrogens with zero attached hydrogens (tertiary/aromatic N) is 1. The van der Waals surface area contributed by atoms with Crippen molar-refractivity contribution in [3.05, 3.63) is 0 Å². The van der Waals surface area contributed by atoms with Crippen molar-refractivity contribution in [2.75, 3.05) is 0 Å². The van der Waals surface area contributed by atoms with Gasteiger partial charge in [0.25, 0.3) is 0 Å². The molecule has 0 aromatic heterocycles. The monoisotopic (exact) mass is 285 g/mol. The molecule has 1 aliphatic carbocycles. The number of ether oxygens (including phenoxy) is 1. The fourth-order valence-electron chi connectivity index (χ4n) is 3.01. The van der Waals surface area contributed by atoms with E-state index in [1.165, 1.54) is 4.90 Å². The molecule has 0 radical (unpaired) electrons. The lowest BCUT2D eigenvalue weighted by Gasteiger charge is -2.56. The number of carbonyl (C=O) groups is 3. The molecular weight excluding hydrogens is 266 g/mol. The summed E-state index contributed by atoms with van der Waals surface area (Å²) < 4.78 is 5.26. The van der Waals surface area contributed by atoms with Gasteiger partial charge in [-0.15, -0.1) is 0 Å². The molecule has 3 fully saturated rings. The lowest BCUT2D eigenvalue weighted by Crippen LogP contribution is -2.68. The third-order valence-electron chi connectivity index (χ3n) is 3.92. The van der Waals surface area contributed by atoms with Crippen LogP contribution >= 0.6 is 0 Å². The number of hydrogen-bond acceptors (Lipinski definition) is 4. The third kappa shape index (κ3) is 2.21. The Morgan fingerprint density at radius 3 is 1.90 bits per heavy atom. The largest absolute Gasteiger partial charge is 0.480 e. The van der Waals surface area contributed by atoms with Gasteiger partial charge in [-0.05, 0) is 40.0 Å². The van der Waals surface area contributed by atoms with Crippen LogP contribution in [0.3, 0.4) is 0 Å². The highest BCUT2D eigenvalue weighted by Gasteiger charge is 2.61. The summed E-state index contributed by atoms with van der Waals surface area (Å²) >= 11 is 0. The Morgan fingerprint density at radius 1 is 1.10 bits per heavy atom. The fraction of sp³-hybridized carbons (Fsp3) is 0.769. The summed E-state index contributed by atoms with van der Waals surface area (Å²) in [7, 11) is 0. The third-order valence-corrected chi connectivity index (χ3v) is 3.92. The lowest BCUT2D eigenvalue weighted by atomic mass is 9.64. The van der Waals surface area contributed by atoms with Crippen molar-refractivity contribution in [3.8, 4) is 0 Å². The number of piperidine rings is 1. The number of rotatable bonds is 2. The Bertz CT molecular complexity index is 438. The molecule has 2 bridgehead atoms. The summed E-state index contributed by atoms with van der Waals surface area (Å²) in [6.07, 6.45) is 0.0191. The molecule has 2 atom stereocenters. The second-order valence-corrected chi connectivity index (χ2v) is 6.53. The number of hydrogen-bond donors (Lipinski definition) is 2. The van der Waals surface area contributed by atoms with Crippen molar-refractivity contribution >= 4 is 18.0 Å². The van der Waals surface area contributed by atoms with Crippen molar-refractivity contribution in [2.24, 2.45) is 5.41 Å². The molecule has 2 heterocycles. The van der Waals surface area contributed by atoms with E-state index < -0.39 is 29.0 Å². The normalized spacial score (nSPS) is 27.4. The molecule has 1 saturated carbocycles. The number of aliphatic carboxylic acids is 2. The SMILES string of the molecule is CC(C)(C)OC(=O)N1C2CC1CC(C(=O)O)(C(=O)O)C2. The molecule has 2 saturated heterocycles. The van der Waals surface area contributed by atoms with Gasteiger partial charge < -0.3 is 19.8 Å². The van der Waals surface area contributed by atoms with Gasteiger partial charge in [-0.1, -0.05) is 0 Å². The first-order valence-electron chi connectivity index (χ1n) is 6.55. The van der Waals surface area contributed by atoms with Crippen molar-refractivity contribution < 1.29 is 29.3 Å². The van der Waals surface area contributed by atoms with Crippen LogP contribution in [0.1, 0.15) is 40.0 Å². The first-order chi connectivity index (χ1) is 9.07. The number of carboxylic acid groups (broad SMARTS) is 2. The molecule has 7 heteroatoms. The zero-order chi connectivity index (χ0) is 15.3. The first kappa shape index (κ1) is 14.6. The van der Waals surface area contributed by atoms with Crippen LogP contribution in [0.15, 0.2) is 0 Å². The number of fused-ring (bicyclic) bond motifs is 2. The number of carbonyl (C=O) groups excluding carboxylic acids is 1. The van der Waals surface area contributed by atoms with E-state index in [4.69, 9.17) is 4.74 Å². The minimum absolute atomic E-state index is 0.0621. The lowest BCUT2D eigenvalue weighted by molar-refractivity contribution is -0.179. The van der Waals surface area contributed by atoms with Crippen LogP contribution in [0.25, 0.3) is 0 Å². The molecule has 2 N–H and O–H groups in total. The Morgan fingerprint density at radius 2 is 1.55 bits per heavy atom. The standard InChI is InChI=1S/C13H19NO6/c1-12(2,3)20-11(19)14-7-4-8(14)6-13(5-7,9(15)16)10(17)18/h7-8H,4-6H2,1-3H3,(H,15,16)(H,17,18). The van der Waals surface area contributed by atoms with E-state index in [1.54, 1.807) is 20.8 Å². The molecule has 2 aliphatic heterocycles. The summed E-state index contributed by atoms with van der Waals surface area (Å²) in [5, 5.41) is 18.4. The van der Waals surface area contributed by atoms with Crippen LogP contribution in [0.4, 0.5) is 4.79 Å². The summed E-state index contributed by atoms with van der Waals surface area (Å²) in [6, 6.07) is -0.730.